The standard InChI is InChI=1S/C28H30N4O6S3/c1-17-14-32(18(2)16-33)28(35)19-8-6-10-21(29-26(34)27-30-20-9-4-5-11-23(20)40-27)25(19)38-22(17)15-31(3)41(36,37)24-12-7-13-39-24/h4-13,17-18,22,33H,14-16H2,1-3H3,(H,29,34)/t17-,18-,22-/m1/s1. The van der Waals surface area contributed by atoms with Crippen molar-refractivity contribution >= 4 is 60.4 Å². The molecule has 0 bridgehead atoms. The van der Waals surface area contributed by atoms with E-state index in [2.05, 4.69) is 10.3 Å². The lowest BCUT2D eigenvalue weighted by Crippen LogP contribution is -2.50. The minimum atomic E-state index is -3.77. The third kappa shape index (κ3) is 5.86. The Morgan fingerprint density at radius 2 is 2.00 bits per heavy atom. The van der Waals surface area contributed by atoms with Crippen LogP contribution in [0.25, 0.3) is 10.2 Å². The van der Waals surface area contributed by atoms with Gasteiger partial charge in [0.15, 0.2) is 10.8 Å². The van der Waals surface area contributed by atoms with Gasteiger partial charge in [0.25, 0.3) is 21.8 Å². The Hall–Kier alpha value is -3.36. The second-order valence-corrected chi connectivity index (χ2v) is 14.2. The summed E-state index contributed by atoms with van der Waals surface area (Å²) in [7, 11) is -2.27. The molecule has 0 saturated carbocycles. The van der Waals surface area contributed by atoms with Crippen molar-refractivity contribution in [2.75, 3.05) is 32.1 Å². The van der Waals surface area contributed by atoms with Crippen molar-refractivity contribution in [3.8, 4) is 5.75 Å². The van der Waals surface area contributed by atoms with Gasteiger partial charge in [-0.15, -0.1) is 22.7 Å². The van der Waals surface area contributed by atoms with Gasteiger partial charge >= 0.3 is 0 Å². The summed E-state index contributed by atoms with van der Waals surface area (Å²) in [5.41, 5.74) is 1.17. The summed E-state index contributed by atoms with van der Waals surface area (Å²) in [6.45, 7) is 3.60. The maximum Gasteiger partial charge on any atom is 0.284 e. The van der Waals surface area contributed by atoms with E-state index >= 15 is 0 Å². The molecule has 4 aromatic rings. The number of hydrogen-bond acceptors (Lipinski definition) is 9. The molecule has 1 aliphatic rings. The number of carbonyl (C=O) groups is 2. The number of sulfonamides is 1. The van der Waals surface area contributed by atoms with Crippen LogP contribution < -0.4 is 10.1 Å². The van der Waals surface area contributed by atoms with Crippen LogP contribution in [0.1, 0.15) is 34.0 Å². The number of aromatic nitrogens is 1. The number of thiophene rings is 1. The Balaban J connectivity index is 1.51. The van der Waals surface area contributed by atoms with E-state index < -0.39 is 28.1 Å². The van der Waals surface area contributed by atoms with Crippen molar-refractivity contribution in [1.29, 1.82) is 0 Å². The normalized spacial score (nSPS) is 18.5. The van der Waals surface area contributed by atoms with Gasteiger partial charge in [0, 0.05) is 19.5 Å². The molecule has 2 N–H and O–H groups in total. The molecule has 0 saturated heterocycles. The highest BCUT2D eigenvalue weighted by molar-refractivity contribution is 7.91. The van der Waals surface area contributed by atoms with E-state index in [1.807, 2.05) is 31.2 Å². The fourth-order valence-corrected chi connectivity index (χ4v) is 7.87. The quantitative estimate of drug-likeness (QED) is 0.305. The number of ether oxygens (including phenoxy) is 1. The van der Waals surface area contributed by atoms with Gasteiger partial charge in [-0.05, 0) is 42.6 Å². The Bertz CT molecular complexity index is 1640. The highest BCUT2D eigenvalue weighted by Gasteiger charge is 2.36. The Morgan fingerprint density at radius 3 is 2.71 bits per heavy atom. The molecule has 216 valence electrons. The zero-order valence-corrected chi connectivity index (χ0v) is 25.1. The van der Waals surface area contributed by atoms with Gasteiger partial charge in [-0.2, -0.15) is 4.31 Å². The molecule has 0 fully saturated rings. The Kier molecular flexibility index (Phi) is 8.43. The van der Waals surface area contributed by atoms with Gasteiger partial charge < -0.3 is 20.1 Å². The van der Waals surface area contributed by atoms with Gasteiger partial charge in [0.05, 0.1) is 40.7 Å². The molecule has 3 heterocycles. The molecule has 3 atom stereocenters. The molecule has 0 spiro atoms. The zero-order valence-electron chi connectivity index (χ0n) is 22.7. The molecule has 1 aliphatic heterocycles. The second kappa shape index (κ2) is 11.9. The number of anilines is 1. The molecular formula is C28H30N4O6S3. The van der Waals surface area contributed by atoms with E-state index in [4.69, 9.17) is 4.74 Å². The number of nitrogens with zero attached hydrogens (tertiary/aromatic N) is 3. The van der Waals surface area contributed by atoms with Crippen LogP contribution in [0.3, 0.4) is 0 Å². The SMILES string of the molecule is C[C@@H]1CN([C@H](C)CO)C(=O)c2cccc(NC(=O)c3nc4ccccc4s3)c2O[C@@H]1CN(C)S(=O)(=O)c1cccs1. The van der Waals surface area contributed by atoms with Crippen LogP contribution in [-0.4, -0.2) is 78.4 Å². The summed E-state index contributed by atoms with van der Waals surface area (Å²) in [6, 6.07) is 15.0. The van der Waals surface area contributed by atoms with Gasteiger partial charge in [-0.3, -0.25) is 9.59 Å². The van der Waals surface area contributed by atoms with E-state index in [9.17, 15) is 23.1 Å². The van der Waals surface area contributed by atoms with Crippen LogP contribution in [0.4, 0.5) is 5.69 Å². The summed E-state index contributed by atoms with van der Waals surface area (Å²) in [5.74, 6) is -1.00. The second-order valence-electron chi connectivity index (χ2n) is 9.96. The lowest BCUT2D eigenvalue weighted by Gasteiger charge is -2.38. The number of benzene rings is 2. The van der Waals surface area contributed by atoms with Gasteiger partial charge in [0.2, 0.25) is 0 Å². The first-order valence-corrected chi connectivity index (χ1v) is 16.1. The maximum absolute atomic E-state index is 13.7. The van der Waals surface area contributed by atoms with E-state index in [1.165, 1.54) is 22.7 Å². The van der Waals surface area contributed by atoms with Crippen molar-refractivity contribution in [1.82, 2.24) is 14.2 Å². The molecule has 10 nitrogen and oxygen atoms in total. The van der Waals surface area contributed by atoms with E-state index in [0.717, 1.165) is 16.0 Å². The zero-order chi connectivity index (χ0) is 29.3. The maximum atomic E-state index is 13.7. The first-order chi connectivity index (χ1) is 19.6. The third-order valence-corrected chi connectivity index (χ3v) is 11.3. The van der Waals surface area contributed by atoms with Crippen molar-refractivity contribution in [3.05, 3.63) is 70.5 Å². The third-order valence-electron chi connectivity index (χ3n) is 7.02. The lowest BCUT2D eigenvalue weighted by atomic mass is 9.99. The smallest absolute Gasteiger partial charge is 0.284 e. The molecule has 0 aliphatic carbocycles. The van der Waals surface area contributed by atoms with Gasteiger partial charge in [0.1, 0.15) is 10.3 Å². The Labute approximate surface area is 246 Å². The minimum absolute atomic E-state index is 0.00345. The number of aliphatic hydroxyl groups is 1. The molecule has 2 amide bonds. The fraction of sp³-hybridized carbons (Fsp3) is 0.321. The van der Waals surface area contributed by atoms with E-state index in [0.29, 0.717) is 5.52 Å². The molecule has 5 rings (SSSR count). The number of fused-ring (bicyclic) bond motifs is 2. The number of amides is 2. The number of likely N-dealkylation sites (N-methyl/N-ethyl adjacent to an activating group) is 1. The van der Waals surface area contributed by atoms with E-state index in [-0.39, 0.29) is 57.7 Å². The summed E-state index contributed by atoms with van der Waals surface area (Å²) in [4.78, 5) is 33.0. The van der Waals surface area contributed by atoms with Crippen molar-refractivity contribution in [2.45, 2.75) is 30.2 Å². The molecule has 13 heteroatoms. The first kappa shape index (κ1) is 29.1. The average molecular weight is 615 g/mol. The summed E-state index contributed by atoms with van der Waals surface area (Å²) in [5, 5.41) is 14.7. The molecule has 2 aromatic carbocycles. The van der Waals surface area contributed by atoms with Gasteiger partial charge in [-0.25, -0.2) is 13.4 Å². The number of para-hydroxylation sites is 2. The van der Waals surface area contributed by atoms with Crippen LogP contribution >= 0.6 is 22.7 Å². The van der Waals surface area contributed by atoms with Crippen LogP contribution in [0.2, 0.25) is 0 Å². The number of aliphatic hydroxyl groups excluding tert-OH is 1. The Morgan fingerprint density at radius 1 is 1.22 bits per heavy atom. The predicted octanol–water partition coefficient (Wildman–Crippen LogP) is 4.15. The number of thiazole rings is 1. The topological polar surface area (TPSA) is 129 Å². The van der Waals surface area contributed by atoms with Crippen LogP contribution in [0.15, 0.2) is 64.2 Å². The van der Waals surface area contributed by atoms with Crippen molar-refractivity contribution < 1.29 is 27.9 Å². The summed E-state index contributed by atoms with van der Waals surface area (Å²) >= 11 is 2.38. The first-order valence-electron chi connectivity index (χ1n) is 13.0. The molecular weight excluding hydrogens is 585 g/mol. The van der Waals surface area contributed by atoms with Crippen LogP contribution in [-0.2, 0) is 10.0 Å². The van der Waals surface area contributed by atoms with Crippen molar-refractivity contribution in [2.24, 2.45) is 5.92 Å². The minimum Gasteiger partial charge on any atom is -0.486 e. The summed E-state index contributed by atoms with van der Waals surface area (Å²) < 4.78 is 35.2. The molecule has 2 aromatic heterocycles. The highest BCUT2D eigenvalue weighted by Crippen LogP contribution is 2.36. The predicted molar refractivity (Wildman–Crippen MR) is 159 cm³/mol. The number of nitrogens with one attached hydrogen (secondary N) is 1. The molecule has 41 heavy (non-hydrogen) atoms. The van der Waals surface area contributed by atoms with Crippen LogP contribution in [0.5, 0.6) is 5.75 Å². The van der Waals surface area contributed by atoms with Gasteiger partial charge in [-0.1, -0.05) is 31.2 Å². The van der Waals surface area contributed by atoms with Crippen molar-refractivity contribution in [3.63, 3.8) is 0 Å². The molecule has 0 radical (unpaired) electrons. The number of carbonyl (C=O) groups excluding carboxylic acids is 2. The van der Waals surface area contributed by atoms with E-state index in [1.54, 1.807) is 47.5 Å². The number of rotatable bonds is 8. The monoisotopic (exact) mass is 614 g/mol. The van der Waals surface area contributed by atoms with Crippen LogP contribution in [0, 0.1) is 5.92 Å². The average Bonchev–Trinajstić information content (AvgIpc) is 3.66. The largest absolute Gasteiger partial charge is 0.486 e. The highest BCUT2D eigenvalue weighted by atomic mass is 32.2. The number of hydrogen-bond donors (Lipinski definition) is 2. The fourth-order valence-electron chi connectivity index (χ4n) is 4.62. The lowest BCUT2D eigenvalue weighted by molar-refractivity contribution is 0.0388. The summed E-state index contributed by atoms with van der Waals surface area (Å²) in [6.07, 6.45) is -0.685. The molecule has 0 unspecified atom stereocenters.